The van der Waals surface area contributed by atoms with Crippen molar-refractivity contribution in [3.8, 4) is 0 Å². The molecule has 0 unspecified atom stereocenters. The van der Waals surface area contributed by atoms with Gasteiger partial charge in [0, 0.05) is 33.7 Å². The first kappa shape index (κ1) is 17.3. The maximum Gasteiger partial charge on any atom is 0.0791 e. The van der Waals surface area contributed by atoms with Crippen LogP contribution in [0, 0.1) is 12.1 Å². The first-order chi connectivity index (χ1) is 10.3. The van der Waals surface area contributed by atoms with E-state index in [4.69, 9.17) is 92.8 Å². The van der Waals surface area contributed by atoms with Gasteiger partial charge in [-0.05, 0) is 0 Å². The Hall–Kier alpha value is 0.500. The van der Waals surface area contributed by atoms with Gasteiger partial charge in [0.1, 0.15) is 0 Å². The zero-order valence-electron chi connectivity index (χ0n) is 10.0. The lowest BCUT2D eigenvalue weighted by Crippen LogP contribution is -1.88. The third-order valence-corrected chi connectivity index (χ3v) is 6.38. The third kappa shape index (κ3) is 2.44. The molecule has 0 atom stereocenters. The second-order valence-corrected chi connectivity index (χ2v) is 7.29. The van der Waals surface area contributed by atoms with Gasteiger partial charge in [-0.25, -0.2) is 0 Å². The molecule has 0 aliphatic rings. The second-order valence-electron chi connectivity index (χ2n) is 4.26. The highest BCUT2D eigenvalue weighted by molar-refractivity contribution is 6.58. The summed E-state index contributed by atoms with van der Waals surface area (Å²) in [5, 5.41) is 2.82. The van der Waals surface area contributed by atoms with Crippen LogP contribution in [-0.4, -0.2) is 0 Å². The standard InChI is InChI=1S/C14Cl8/c15-5-1-3-7(13(21)11(5)19)8-4(10(18)9(3)17)2-6(16)12(20)14(8)22. The van der Waals surface area contributed by atoms with Crippen LogP contribution < -0.4 is 0 Å². The summed E-state index contributed by atoms with van der Waals surface area (Å²) >= 11 is 49.4. The van der Waals surface area contributed by atoms with Crippen molar-refractivity contribution in [2.45, 2.75) is 0 Å². The first-order valence-electron chi connectivity index (χ1n) is 5.51. The monoisotopic (exact) mass is 448 g/mol. The van der Waals surface area contributed by atoms with E-state index in [2.05, 4.69) is 12.1 Å². The molecule has 112 valence electrons. The Labute approximate surface area is 165 Å². The van der Waals surface area contributed by atoms with E-state index in [1.165, 1.54) is 0 Å². The summed E-state index contributed by atoms with van der Waals surface area (Å²) in [4.78, 5) is 0. The van der Waals surface area contributed by atoms with Crippen molar-refractivity contribution in [3.05, 3.63) is 52.3 Å². The molecule has 0 fully saturated rings. The molecule has 0 amide bonds. The summed E-state index contributed by atoms with van der Waals surface area (Å²) < 4.78 is 0. The lowest BCUT2D eigenvalue weighted by atomic mass is 10.0. The van der Waals surface area contributed by atoms with Crippen LogP contribution in [0.1, 0.15) is 0 Å². The van der Waals surface area contributed by atoms with Crippen LogP contribution in [0.2, 0.25) is 40.2 Å². The molecule has 0 saturated heterocycles. The van der Waals surface area contributed by atoms with Crippen molar-refractivity contribution < 1.29 is 0 Å². The highest BCUT2D eigenvalue weighted by Crippen LogP contribution is 2.50. The van der Waals surface area contributed by atoms with Crippen LogP contribution in [0.3, 0.4) is 0 Å². The summed E-state index contributed by atoms with van der Waals surface area (Å²) in [6.45, 7) is 0. The largest absolute Gasteiger partial charge is 0.0820 e. The summed E-state index contributed by atoms with van der Waals surface area (Å²) in [6.07, 6.45) is 0. The fourth-order valence-electron chi connectivity index (χ4n) is 2.10. The van der Waals surface area contributed by atoms with Gasteiger partial charge in [-0.3, -0.25) is 0 Å². The van der Waals surface area contributed by atoms with E-state index in [0.29, 0.717) is 21.5 Å². The molecule has 0 aliphatic carbocycles. The quantitative estimate of drug-likeness (QED) is 0.236. The molecule has 0 nitrogen and oxygen atoms in total. The predicted molar refractivity (Wildman–Crippen MR) is 99.2 cm³/mol. The molecule has 0 saturated carbocycles. The molecular weight excluding hydrogens is 452 g/mol. The predicted octanol–water partition coefficient (Wildman–Crippen LogP) is 8.82. The number of rotatable bonds is 0. The first-order valence-corrected chi connectivity index (χ1v) is 8.54. The lowest BCUT2D eigenvalue weighted by Gasteiger charge is -2.14. The minimum absolute atomic E-state index is 0.122. The minimum atomic E-state index is 0.122. The maximum atomic E-state index is 6.31. The van der Waals surface area contributed by atoms with Gasteiger partial charge < -0.3 is 0 Å². The SMILES string of the molecule is Clc1[c]c2c(Cl)c(Cl)c3[c]c(Cl)c(Cl)c(Cl)c3c2c(Cl)c1Cl. The van der Waals surface area contributed by atoms with E-state index in [9.17, 15) is 0 Å². The molecular formula is C14Cl8. The fraction of sp³-hybridized carbons (Fsp3) is 0. The molecule has 22 heavy (non-hydrogen) atoms. The van der Waals surface area contributed by atoms with E-state index >= 15 is 0 Å². The zero-order chi connectivity index (χ0) is 16.3. The summed E-state index contributed by atoms with van der Waals surface area (Å²) in [6, 6.07) is 5.69. The highest BCUT2D eigenvalue weighted by atomic mass is 35.5. The summed E-state index contributed by atoms with van der Waals surface area (Å²) in [5.41, 5.74) is 0. The van der Waals surface area contributed by atoms with Crippen LogP contribution >= 0.6 is 92.8 Å². The van der Waals surface area contributed by atoms with Crippen molar-refractivity contribution in [2.24, 2.45) is 0 Å². The number of fused-ring (bicyclic) bond motifs is 3. The Morgan fingerprint density at radius 2 is 0.727 bits per heavy atom. The molecule has 3 aromatic rings. The summed E-state index contributed by atoms with van der Waals surface area (Å²) in [7, 11) is 0. The Morgan fingerprint density at radius 3 is 1.05 bits per heavy atom. The van der Waals surface area contributed by atoms with Gasteiger partial charge in [-0.15, -0.1) is 0 Å². The van der Waals surface area contributed by atoms with E-state index in [-0.39, 0.29) is 40.2 Å². The molecule has 0 heterocycles. The van der Waals surface area contributed by atoms with Gasteiger partial charge in [-0.1, -0.05) is 92.8 Å². The number of halogens is 8. The zero-order valence-corrected chi connectivity index (χ0v) is 16.1. The van der Waals surface area contributed by atoms with Crippen LogP contribution in [0.15, 0.2) is 0 Å². The van der Waals surface area contributed by atoms with Crippen molar-refractivity contribution in [1.82, 2.24) is 0 Å². The van der Waals surface area contributed by atoms with Gasteiger partial charge in [0.05, 0.1) is 40.2 Å². The molecule has 0 spiro atoms. The molecule has 0 aromatic heterocycles. The highest BCUT2D eigenvalue weighted by Gasteiger charge is 2.22. The minimum Gasteiger partial charge on any atom is -0.0820 e. The van der Waals surface area contributed by atoms with Crippen molar-refractivity contribution in [1.29, 1.82) is 0 Å². The Kier molecular flexibility index (Phi) is 4.80. The summed E-state index contributed by atoms with van der Waals surface area (Å²) in [5.74, 6) is 0. The maximum absolute atomic E-state index is 6.31. The smallest absolute Gasteiger partial charge is 0.0791 e. The van der Waals surface area contributed by atoms with Crippen LogP contribution in [-0.2, 0) is 0 Å². The van der Waals surface area contributed by atoms with E-state index < -0.39 is 0 Å². The van der Waals surface area contributed by atoms with Crippen molar-refractivity contribution in [2.75, 3.05) is 0 Å². The van der Waals surface area contributed by atoms with Crippen molar-refractivity contribution in [3.63, 3.8) is 0 Å². The van der Waals surface area contributed by atoms with E-state index in [1.807, 2.05) is 0 Å². The van der Waals surface area contributed by atoms with Gasteiger partial charge in [0.15, 0.2) is 0 Å². The van der Waals surface area contributed by atoms with Crippen LogP contribution in [0.5, 0.6) is 0 Å². The Morgan fingerprint density at radius 1 is 0.409 bits per heavy atom. The van der Waals surface area contributed by atoms with Gasteiger partial charge in [0.2, 0.25) is 0 Å². The molecule has 0 aliphatic heterocycles. The Bertz CT molecular complexity index is 882. The Balaban J connectivity index is 2.77. The number of hydrogen-bond acceptors (Lipinski definition) is 0. The average molecular weight is 452 g/mol. The number of benzene rings is 3. The second kappa shape index (κ2) is 6.10. The van der Waals surface area contributed by atoms with Gasteiger partial charge in [-0.2, -0.15) is 0 Å². The van der Waals surface area contributed by atoms with E-state index in [1.54, 1.807) is 0 Å². The molecule has 8 heteroatoms. The lowest BCUT2D eigenvalue weighted by molar-refractivity contribution is 1.73. The van der Waals surface area contributed by atoms with E-state index in [0.717, 1.165) is 0 Å². The molecule has 3 rings (SSSR count). The van der Waals surface area contributed by atoms with Crippen LogP contribution in [0.4, 0.5) is 0 Å². The fourth-order valence-corrected chi connectivity index (χ4v) is 3.90. The van der Waals surface area contributed by atoms with Crippen molar-refractivity contribution >= 4 is 114 Å². The normalized spacial score (nSPS) is 11.6. The van der Waals surface area contributed by atoms with Gasteiger partial charge >= 0.3 is 0 Å². The topological polar surface area (TPSA) is 0 Å². The molecule has 2 radical (unpaired) electrons. The molecule has 0 N–H and O–H groups in total. The molecule has 3 aromatic carbocycles. The van der Waals surface area contributed by atoms with Crippen LogP contribution in [0.25, 0.3) is 21.5 Å². The third-order valence-electron chi connectivity index (χ3n) is 3.06. The average Bonchev–Trinajstić information content (AvgIpc) is 2.48. The molecule has 0 bridgehead atoms. The number of hydrogen-bond donors (Lipinski definition) is 0. The van der Waals surface area contributed by atoms with Gasteiger partial charge in [0.25, 0.3) is 0 Å².